The van der Waals surface area contributed by atoms with E-state index in [-0.39, 0.29) is 23.7 Å². The van der Waals surface area contributed by atoms with Crippen LogP contribution < -0.4 is 16.0 Å². The fourth-order valence-electron chi connectivity index (χ4n) is 2.92. The fraction of sp³-hybridized carbons (Fsp3) is 0.160. The summed E-state index contributed by atoms with van der Waals surface area (Å²) < 4.78 is 0. The normalized spacial score (nSPS) is 10.3. The lowest BCUT2D eigenvalue weighted by atomic mass is 10.1. The number of anilines is 1. The van der Waals surface area contributed by atoms with Crippen molar-refractivity contribution < 1.29 is 14.4 Å². The average Bonchev–Trinajstić information content (AvgIpc) is 2.78. The van der Waals surface area contributed by atoms with Gasteiger partial charge in [0.1, 0.15) is 0 Å². The van der Waals surface area contributed by atoms with Crippen molar-refractivity contribution in [1.82, 2.24) is 10.6 Å². The molecule has 0 atom stereocenters. The summed E-state index contributed by atoms with van der Waals surface area (Å²) in [4.78, 5) is 37.1. The Labute approximate surface area is 181 Å². The van der Waals surface area contributed by atoms with E-state index >= 15 is 0 Å². The molecule has 3 N–H and O–H groups in total. The quantitative estimate of drug-likeness (QED) is 0.539. The lowest BCUT2D eigenvalue weighted by molar-refractivity contribution is -0.136. The zero-order valence-electron chi connectivity index (χ0n) is 17.6. The highest BCUT2D eigenvalue weighted by Gasteiger charge is 2.17. The minimum Gasteiger partial charge on any atom is -0.348 e. The first-order valence-corrected chi connectivity index (χ1v) is 10.00. The molecule has 0 aliphatic carbocycles. The zero-order valence-corrected chi connectivity index (χ0v) is 17.6. The summed E-state index contributed by atoms with van der Waals surface area (Å²) in [5.74, 6) is -1.93. The predicted octanol–water partition coefficient (Wildman–Crippen LogP) is 3.49. The summed E-state index contributed by atoms with van der Waals surface area (Å²) in [6.45, 7) is 4.58. The molecular formula is C25H25N3O3. The van der Waals surface area contributed by atoms with Crippen molar-refractivity contribution in [3.05, 3.63) is 101 Å². The molecule has 3 rings (SSSR count). The second-order valence-electron chi connectivity index (χ2n) is 7.34. The highest BCUT2D eigenvalue weighted by Crippen LogP contribution is 2.15. The second kappa shape index (κ2) is 10.2. The van der Waals surface area contributed by atoms with Crippen molar-refractivity contribution >= 4 is 23.4 Å². The van der Waals surface area contributed by atoms with Gasteiger partial charge in [-0.05, 0) is 37.1 Å². The summed E-state index contributed by atoms with van der Waals surface area (Å²) in [7, 11) is 0. The molecule has 0 spiro atoms. The largest absolute Gasteiger partial charge is 0.348 e. The lowest BCUT2D eigenvalue weighted by Gasteiger charge is -2.12. The number of carbonyl (C=O) groups excluding carboxylic acids is 3. The Morgan fingerprint density at radius 2 is 1.16 bits per heavy atom. The molecule has 0 fully saturated rings. The van der Waals surface area contributed by atoms with Gasteiger partial charge in [0.05, 0.1) is 11.3 Å². The molecule has 0 bridgehead atoms. The van der Waals surface area contributed by atoms with E-state index in [0.29, 0.717) is 6.54 Å². The molecule has 3 aromatic rings. The maximum absolute atomic E-state index is 12.6. The lowest BCUT2D eigenvalue weighted by Crippen LogP contribution is -2.35. The third kappa shape index (κ3) is 6.27. The first kappa shape index (κ1) is 21.8. The van der Waals surface area contributed by atoms with Crippen molar-refractivity contribution in [1.29, 1.82) is 0 Å². The molecular weight excluding hydrogens is 390 g/mol. The zero-order chi connectivity index (χ0) is 22.2. The summed E-state index contributed by atoms with van der Waals surface area (Å²) in [5, 5.41) is 7.96. The highest BCUT2D eigenvalue weighted by molar-refractivity contribution is 6.40. The number of hydrogen-bond donors (Lipinski definition) is 3. The van der Waals surface area contributed by atoms with Crippen LogP contribution in [-0.4, -0.2) is 17.7 Å². The topological polar surface area (TPSA) is 87.3 Å². The molecule has 158 valence electrons. The number of aryl methyl sites for hydroxylation is 2. The van der Waals surface area contributed by atoms with Crippen LogP contribution in [0.15, 0.2) is 72.8 Å². The molecule has 0 heterocycles. The van der Waals surface area contributed by atoms with Crippen LogP contribution in [0.5, 0.6) is 0 Å². The first-order chi connectivity index (χ1) is 14.9. The van der Waals surface area contributed by atoms with Crippen molar-refractivity contribution in [3.8, 4) is 0 Å². The smallest absolute Gasteiger partial charge is 0.313 e. The van der Waals surface area contributed by atoms with Gasteiger partial charge in [0.15, 0.2) is 0 Å². The van der Waals surface area contributed by atoms with Gasteiger partial charge in [0.2, 0.25) is 0 Å². The molecule has 31 heavy (non-hydrogen) atoms. The molecule has 0 aliphatic rings. The van der Waals surface area contributed by atoms with Crippen LogP contribution in [0.4, 0.5) is 5.69 Å². The number of benzene rings is 3. The van der Waals surface area contributed by atoms with Gasteiger partial charge in [-0.1, -0.05) is 71.8 Å². The number of nitrogens with one attached hydrogen (secondary N) is 3. The van der Waals surface area contributed by atoms with Gasteiger partial charge >= 0.3 is 11.8 Å². The molecule has 6 heteroatoms. The van der Waals surface area contributed by atoms with Gasteiger partial charge in [-0.25, -0.2) is 0 Å². The Kier molecular flexibility index (Phi) is 7.17. The standard InChI is InChI=1S/C25H25N3O3/c1-17-7-11-19(12-8-17)15-26-23(29)21-5-3-4-6-22(21)28-25(31)24(30)27-16-20-13-9-18(2)10-14-20/h3-14H,15-16H2,1-2H3,(H,26,29)(H,27,30)(H,28,31). The second-order valence-corrected chi connectivity index (χ2v) is 7.34. The SMILES string of the molecule is Cc1ccc(CNC(=O)C(=O)Nc2ccccc2C(=O)NCc2ccc(C)cc2)cc1. The van der Waals surface area contributed by atoms with Crippen LogP contribution in [0.3, 0.4) is 0 Å². The molecule has 3 amide bonds. The number of hydrogen-bond acceptors (Lipinski definition) is 3. The van der Waals surface area contributed by atoms with Crippen molar-refractivity contribution in [2.75, 3.05) is 5.32 Å². The minimum atomic E-state index is -0.828. The van der Waals surface area contributed by atoms with Gasteiger partial charge in [-0.15, -0.1) is 0 Å². The number of carbonyl (C=O) groups is 3. The molecule has 6 nitrogen and oxygen atoms in total. The fourth-order valence-corrected chi connectivity index (χ4v) is 2.92. The van der Waals surface area contributed by atoms with E-state index in [1.807, 2.05) is 62.4 Å². The summed E-state index contributed by atoms with van der Waals surface area (Å²) in [6, 6.07) is 22.1. The third-order valence-corrected chi connectivity index (χ3v) is 4.77. The van der Waals surface area contributed by atoms with Crippen molar-refractivity contribution in [2.24, 2.45) is 0 Å². The van der Waals surface area contributed by atoms with Gasteiger partial charge < -0.3 is 16.0 Å². The minimum absolute atomic E-state index is 0.241. The number of para-hydroxylation sites is 1. The van der Waals surface area contributed by atoms with Crippen molar-refractivity contribution in [3.63, 3.8) is 0 Å². The molecule has 0 saturated heterocycles. The molecule has 0 radical (unpaired) electrons. The van der Waals surface area contributed by atoms with Crippen molar-refractivity contribution in [2.45, 2.75) is 26.9 Å². The van der Waals surface area contributed by atoms with Gasteiger partial charge in [-0.3, -0.25) is 14.4 Å². The Morgan fingerprint density at radius 1 is 0.645 bits per heavy atom. The molecule has 0 saturated carbocycles. The molecule has 3 aromatic carbocycles. The van der Waals surface area contributed by atoms with Crippen LogP contribution in [0.2, 0.25) is 0 Å². The first-order valence-electron chi connectivity index (χ1n) is 10.00. The monoisotopic (exact) mass is 415 g/mol. The van der Waals surface area contributed by atoms with Crippen LogP contribution in [0, 0.1) is 13.8 Å². The summed E-state index contributed by atoms with van der Waals surface area (Å²) >= 11 is 0. The third-order valence-electron chi connectivity index (χ3n) is 4.77. The molecule has 0 unspecified atom stereocenters. The van der Waals surface area contributed by atoms with E-state index in [2.05, 4.69) is 16.0 Å². The van der Waals surface area contributed by atoms with E-state index in [0.717, 1.165) is 22.3 Å². The maximum Gasteiger partial charge on any atom is 0.313 e. The van der Waals surface area contributed by atoms with E-state index < -0.39 is 11.8 Å². The van der Waals surface area contributed by atoms with E-state index in [1.165, 1.54) is 0 Å². The van der Waals surface area contributed by atoms with Crippen LogP contribution >= 0.6 is 0 Å². The van der Waals surface area contributed by atoms with E-state index in [1.54, 1.807) is 24.3 Å². The van der Waals surface area contributed by atoms with Gasteiger partial charge in [0, 0.05) is 13.1 Å². The van der Waals surface area contributed by atoms with Gasteiger partial charge in [-0.2, -0.15) is 0 Å². The van der Waals surface area contributed by atoms with Gasteiger partial charge in [0.25, 0.3) is 5.91 Å². The average molecular weight is 415 g/mol. The van der Waals surface area contributed by atoms with Crippen LogP contribution in [0.1, 0.15) is 32.6 Å². The Balaban J connectivity index is 1.58. The van der Waals surface area contributed by atoms with Crippen LogP contribution in [0.25, 0.3) is 0 Å². The summed E-state index contributed by atoms with van der Waals surface area (Å²) in [6.07, 6.45) is 0. The maximum atomic E-state index is 12.6. The Morgan fingerprint density at radius 3 is 1.74 bits per heavy atom. The number of amides is 3. The Hall–Kier alpha value is -3.93. The predicted molar refractivity (Wildman–Crippen MR) is 120 cm³/mol. The van der Waals surface area contributed by atoms with Crippen LogP contribution in [-0.2, 0) is 22.7 Å². The molecule has 0 aliphatic heterocycles. The highest BCUT2D eigenvalue weighted by atomic mass is 16.2. The Bertz CT molecular complexity index is 1070. The summed E-state index contributed by atoms with van der Waals surface area (Å²) in [5.41, 5.74) is 4.68. The van der Waals surface area contributed by atoms with E-state index in [9.17, 15) is 14.4 Å². The number of rotatable bonds is 6. The van der Waals surface area contributed by atoms with E-state index in [4.69, 9.17) is 0 Å². The molecule has 0 aromatic heterocycles.